The number of furan rings is 1. The Morgan fingerprint density at radius 3 is 2.49 bits per heavy atom. The van der Waals surface area contributed by atoms with E-state index in [1.807, 2.05) is 0 Å². The number of carbonyl (C=O) groups excluding carboxylic acids is 3. The summed E-state index contributed by atoms with van der Waals surface area (Å²) in [7, 11) is 0. The molecule has 1 N–H and O–H groups in total. The summed E-state index contributed by atoms with van der Waals surface area (Å²) in [6, 6.07) is 7.03. The minimum atomic E-state index is -1.18. The van der Waals surface area contributed by atoms with Crippen LogP contribution >= 0.6 is 11.3 Å². The van der Waals surface area contributed by atoms with Crippen molar-refractivity contribution in [2.45, 2.75) is 26.8 Å². The number of nitrogens with zero attached hydrogens (tertiary/aromatic N) is 3. The number of Topliss-reactive ketones (excluding diaryl/α,β-unsaturated/α-hetero) is 1. The number of hydrogen-bond acceptors (Lipinski definition) is 10. The molecule has 12 heteroatoms. The van der Waals surface area contributed by atoms with Gasteiger partial charge in [-0.15, -0.1) is 0 Å². The number of nitro benzene ring substituents is 1. The number of non-ortho nitro benzene ring substituents is 1. The zero-order valence-corrected chi connectivity index (χ0v) is 19.6. The molecule has 4 rings (SSSR count). The third-order valence-corrected chi connectivity index (χ3v) is 6.43. The van der Waals surface area contributed by atoms with Crippen molar-refractivity contribution in [1.82, 2.24) is 4.98 Å². The second-order valence-electron chi connectivity index (χ2n) is 7.56. The van der Waals surface area contributed by atoms with E-state index in [1.165, 1.54) is 30.3 Å². The maximum atomic E-state index is 13.3. The summed E-state index contributed by atoms with van der Waals surface area (Å²) in [6.07, 6.45) is 0. The number of aryl methyl sites for hydroxylation is 2. The molecule has 0 saturated carbocycles. The zero-order valence-electron chi connectivity index (χ0n) is 18.8. The smallest absolute Gasteiger partial charge is 0.350 e. The van der Waals surface area contributed by atoms with Crippen LogP contribution in [0.25, 0.3) is 0 Å². The number of ketones is 1. The number of anilines is 1. The Kier molecular flexibility index (Phi) is 6.22. The topological polar surface area (TPSA) is 153 Å². The quantitative estimate of drug-likeness (QED) is 0.219. The van der Waals surface area contributed by atoms with E-state index in [-0.39, 0.29) is 33.6 Å². The molecule has 0 spiro atoms. The molecule has 0 fully saturated rings. The minimum absolute atomic E-state index is 0.0453. The number of nitro groups is 1. The molecule has 1 atom stereocenters. The van der Waals surface area contributed by atoms with Crippen LogP contribution in [-0.2, 0) is 9.53 Å². The van der Waals surface area contributed by atoms with Crippen molar-refractivity contribution in [3.05, 3.63) is 85.5 Å². The van der Waals surface area contributed by atoms with Gasteiger partial charge in [-0.3, -0.25) is 24.6 Å². The predicted octanol–water partition coefficient (Wildman–Crippen LogP) is 4.22. The van der Waals surface area contributed by atoms with Crippen LogP contribution in [0.3, 0.4) is 0 Å². The number of carbonyl (C=O) groups is 3. The number of aliphatic hydroxyl groups is 1. The molecule has 3 aromatic rings. The van der Waals surface area contributed by atoms with Gasteiger partial charge < -0.3 is 14.3 Å². The lowest BCUT2D eigenvalue weighted by Crippen LogP contribution is -2.31. The first-order chi connectivity index (χ1) is 16.6. The number of thiazole rings is 1. The fourth-order valence-corrected chi connectivity index (χ4v) is 4.68. The normalized spacial score (nSPS) is 15.6. The molecule has 1 amide bonds. The number of hydrogen-bond donors (Lipinski definition) is 1. The van der Waals surface area contributed by atoms with Crippen molar-refractivity contribution < 1.29 is 33.6 Å². The Labute approximate surface area is 202 Å². The molecule has 2 aromatic heterocycles. The molecule has 11 nitrogen and oxygen atoms in total. The van der Waals surface area contributed by atoms with E-state index in [1.54, 1.807) is 26.8 Å². The SMILES string of the molecule is CCOC(=O)c1sc(N2C(=O)C(O)=C(C(=O)c3ccc(C)o3)[C@H]2c2ccc([N+](=O)[O-])cc2)nc1C. The zero-order chi connectivity index (χ0) is 25.4. The maximum Gasteiger partial charge on any atom is 0.350 e. The average Bonchev–Trinajstić information content (AvgIpc) is 3.50. The van der Waals surface area contributed by atoms with Crippen LogP contribution in [0.15, 0.2) is 52.1 Å². The molecular formula is C23H19N3O8S. The number of rotatable bonds is 7. The number of aromatic nitrogens is 1. The number of aliphatic hydroxyl groups excluding tert-OH is 1. The van der Waals surface area contributed by atoms with E-state index in [2.05, 4.69) is 4.98 Å². The molecule has 1 aromatic carbocycles. The van der Waals surface area contributed by atoms with Crippen LogP contribution in [-0.4, -0.2) is 39.3 Å². The van der Waals surface area contributed by atoms with Crippen LogP contribution in [0.5, 0.6) is 0 Å². The van der Waals surface area contributed by atoms with Crippen molar-refractivity contribution in [3.63, 3.8) is 0 Å². The van der Waals surface area contributed by atoms with Gasteiger partial charge in [-0.25, -0.2) is 9.78 Å². The monoisotopic (exact) mass is 497 g/mol. The van der Waals surface area contributed by atoms with Gasteiger partial charge in [0.15, 0.2) is 16.7 Å². The number of benzene rings is 1. The summed E-state index contributed by atoms with van der Waals surface area (Å²) in [6.45, 7) is 5.00. The number of amides is 1. The molecule has 3 heterocycles. The van der Waals surface area contributed by atoms with E-state index in [9.17, 15) is 29.6 Å². The fraction of sp³-hybridized carbons (Fsp3) is 0.217. The lowest BCUT2D eigenvalue weighted by Gasteiger charge is -2.24. The van der Waals surface area contributed by atoms with Gasteiger partial charge in [0.25, 0.3) is 11.6 Å². The largest absolute Gasteiger partial charge is 0.503 e. The van der Waals surface area contributed by atoms with E-state index in [0.717, 1.165) is 16.2 Å². The second kappa shape index (κ2) is 9.14. The molecule has 35 heavy (non-hydrogen) atoms. The first-order valence-corrected chi connectivity index (χ1v) is 11.2. The lowest BCUT2D eigenvalue weighted by atomic mass is 9.95. The molecule has 0 unspecified atom stereocenters. The molecule has 0 aliphatic carbocycles. The number of esters is 1. The number of ether oxygens (including phenoxy) is 1. The molecule has 1 aliphatic rings. The molecule has 0 bridgehead atoms. The van der Waals surface area contributed by atoms with Crippen molar-refractivity contribution in [1.29, 1.82) is 0 Å². The second-order valence-corrected chi connectivity index (χ2v) is 8.54. The summed E-state index contributed by atoms with van der Waals surface area (Å²) in [5, 5.41) is 21.9. The van der Waals surface area contributed by atoms with Crippen LogP contribution in [0.2, 0.25) is 0 Å². The summed E-state index contributed by atoms with van der Waals surface area (Å²) >= 11 is 0.869. The van der Waals surface area contributed by atoms with Crippen LogP contribution < -0.4 is 4.90 Å². The van der Waals surface area contributed by atoms with Crippen LogP contribution in [0.1, 0.15) is 50.2 Å². The average molecular weight is 497 g/mol. The van der Waals surface area contributed by atoms with Crippen LogP contribution in [0.4, 0.5) is 10.8 Å². The predicted molar refractivity (Wildman–Crippen MR) is 124 cm³/mol. The highest BCUT2D eigenvalue weighted by Crippen LogP contribution is 2.44. The van der Waals surface area contributed by atoms with Gasteiger partial charge in [-0.1, -0.05) is 11.3 Å². The molecule has 1 aliphatic heterocycles. The van der Waals surface area contributed by atoms with Gasteiger partial charge in [0, 0.05) is 12.1 Å². The lowest BCUT2D eigenvalue weighted by molar-refractivity contribution is -0.384. The first-order valence-electron chi connectivity index (χ1n) is 10.4. The Hall–Kier alpha value is -4.32. The van der Waals surface area contributed by atoms with Gasteiger partial charge in [-0.2, -0.15) is 0 Å². The Bertz CT molecular complexity index is 1390. The van der Waals surface area contributed by atoms with Crippen LogP contribution in [0, 0.1) is 24.0 Å². The van der Waals surface area contributed by atoms with Gasteiger partial charge in [0.2, 0.25) is 5.78 Å². The third-order valence-electron chi connectivity index (χ3n) is 5.29. The van der Waals surface area contributed by atoms with Gasteiger partial charge in [0.05, 0.1) is 28.8 Å². The van der Waals surface area contributed by atoms with Crippen molar-refractivity contribution >= 4 is 39.8 Å². The summed E-state index contributed by atoms with van der Waals surface area (Å²) in [5.41, 5.74) is 0.149. The highest BCUT2D eigenvalue weighted by Gasteiger charge is 2.47. The van der Waals surface area contributed by atoms with Gasteiger partial charge >= 0.3 is 5.97 Å². The summed E-state index contributed by atoms with van der Waals surface area (Å²) in [4.78, 5) is 54.9. The summed E-state index contributed by atoms with van der Waals surface area (Å²) < 4.78 is 10.4. The van der Waals surface area contributed by atoms with E-state index in [0.29, 0.717) is 17.0 Å². The third kappa shape index (κ3) is 4.19. The highest BCUT2D eigenvalue weighted by molar-refractivity contribution is 7.17. The minimum Gasteiger partial charge on any atom is -0.503 e. The molecule has 0 radical (unpaired) electrons. The highest BCUT2D eigenvalue weighted by atomic mass is 32.1. The molecule has 180 valence electrons. The van der Waals surface area contributed by atoms with Crippen molar-refractivity contribution in [2.75, 3.05) is 11.5 Å². The van der Waals surface area contributed by atoms with Gasteiger partial charge in [0.1, 0.15) is 10.6 Å². The van der Waals surface area contributed by atoms with Crippen molar-refractivity contribution in [2.24, 2.45) is 0 Å². The van der Waals surface area contributed by atoms with E-state index < -0.39 is 34.4 Å². The van der Waals surface area contributed by atoms with Crippen molar-refractivity contribution in [3.8, 4) is 0 Å². The Morgan fingerprint density at radius 1 is 1.23 bits per heavy atom. The van der Waals surface area contributed by atoms with Gasteiger partial charge in [-0.05, 0) is 50.6 Å². The first kappa shape index (κ1) is 23.8. The van der Waals surface area contributed by atoms with E-state index >= 15 is 0 Å². The Morgan fingerprint density at radius 2 is 1.91 bits per heavy atom. The fourth-order valence-electron chi connectivity index (χ4n) is 3.69. The Balaban J connectivity index is 1.85. The maximum absolute atomic E-state index is 13.3. The standard InChI is InChI=1S/C23H19N3O8S/c1-4-33-22(30)20-12(3)24-23(35-20)25-17(13-6-8-14(9-7-13)26(31)32)16(19(28)21(25)29)18(27)15-10-5-11(2)34-15/h5-10,17,28H,4H2,1-3H3/t17-/m1/s1. The molecular weight excluding hydrogens is 478 g/mol. The van der Waals surface area contributed by atoms with E-state index in [4.69, 9.17) is 9.15 Å². The summed E-state index contributed by atoms with van der Waals surface area (Å²) in [5.74, 6) is -2.70. The molecule has 0 saturated heterocycles.